The summed E-state index contributed by atoms with van der Waals surface area (Å²) in [7, 11) is 0. The van der Waals surface area contributed by atoms with E-state index >= 15 is 0 Å². The van der Waals surface area contributed by atoms with Crippen molar-refractivity contribution in [2.75, 3.05) is 44.2 Å². The molecule has 0 bridgehead atoms. The first kappa shape index (κ1) is 23.8. The molecule has 0 radical (unpaired) electrons. The molecule has 0 unspecified atom stereocenters. The minimum absolute atomic E-state index is 0.190. The highest BCUT2D eigenvalue weighted by Crippen LogP contribution is 2.32. The highest BCUT2D eigenvalue weighted by atomic mass is 32.2. The number of benzene rings is 1. The van der Waals surface area contributed by atoms with Gasteiger partial charge >= 0.3 is 0 Å². The molecule has 0 spiro atoms. The Bertz CT molecular complexity index is 1170. The molecule has 0 atom stereocenters. The van der Waals surface area contributed by atoms with E-state index in [1.54, 1.807) is 28.7 Å². The van der Waals surface area contributed by atoms with Gasteiger partial charge in [-0.15, -0.1) is 0 Å². The van der Waals surface area contributed by atoms with Crippen molar-refractivity contribution >= 4 is 40.6 Å². The average molecular weight is 485 g/mol. The first-order chi connectivity index (χ1) is 16.7. The van der Waals surface area contributed by atoms with Gasteiger partial charge in [0.1, 0.15) is 5.82 Å². The number of hydrogen-bond acceptors (Lipinski definition) is 9. The number of aromatic nitrogens is 4. The molecule has 180 valence electrons. The number of carbonyl (C=O) groups is 1. The summed E-state index contributed by atoms with van der Waals surface area (Å²) >= 11 is 1.57. The largest absolute Gasteiger partial charge is 0.454 e. The highest BCUT2D eigenvalue weighted by Gasteiger charge is 2.14. The first-order valence-corrected chi connectivity index (χ1v) is 12.2. The predicted molar refractivity (Wildman–Crippen MR) is 131 cm³/mol. The number of ether oxygens (including phenoxy) is 3. The lowest BCUT2D eigenvalue weighted by Gasteiger charge is -2.09. The van der Waals surface area contributed by atoms with Crippen molar-refractivity contribution in [3.8, 4) is 11.5 Å². The number of amides is 1. The molecule has 34 heavy (non-hydrogen) atoms. The van der Waals surface area contributed by atoms with Crippen molar-refractivity contribution in [3.05, 3.63) is 36.0 Å². The third kappa shape index (κ3) is 5.97. The van der Waals surface area contributed by atoms with Crippen LogP contribution in [0.3, 0.4) is 0 Å². The number of anilines is 1. The van der Waals surface area contributed by atoms with Gasteiger partial charge < -0.3 is 24.8 Å². The van der Waals surface area contributed by atoms with Crippen LogP contribution in [0.1, 0.15) is 19.4 Å². The highest BCUT2D eigenvalue weighted by molar-refractivity contribution is 7.99. The van der Waals surface area contributed by atoms with Crippen LogP contribution in [0, 0.1) is 0 Å². The summed E-state index contributed by atoms with van der Waals surface area (Å²) in [5.41, 5.74) is 1.59. The number of fused-ring (bicyclic) bond motifs is 2. The smallest absolute Gasteiger partial charge is 0.244 e. The lowest BCUT2D eigenvalue weighted by molar-refractivity contribution is -0.116. The number of carbonyl (C=O) groups excluding carboxylic acids is 1. The van der Waals surface area contributed by atoms with Gasteiger partial charge in [0.25, 0.3) is 0 Å². The lowest BCUT2D eigenvalue weighted by Crippen LogP contribution is -2.25. The molecular weight excluding hydrogens is 456 g/mol. The maximum atomic E-state index is 12.3. The van der Waals surface area contributed by atoms with Crippen molar-refractivity contribution < 1.29 is 19.0 Å². The van der Waals surface area contributed by atoms with Gasteiger partial charge in [0, 0.05) is 25.8 Å². The molecule has 0 saturated carbocycles. The zero-order valence-electron chi connectivity index (χ0n) is 19.2. The second-order valence-electron chi connectivity index (χ2n) is 7.25. The van der Waals surface area contributed by atoms with E-state index in [4.69, 9.17) is 14.2 Å². The van der Waals surface area contributed by atoms with Crippen LogP contribution in [-0.2, 0) is 16.1 Å². The van der Waals surface area contributed by atoms with Gasteiger partial charge in [-0.2, -0.15) is 5.10 Å². The van der Waals surface area contributed by atoms with Crippen LogP contribution in [0.25, 0.3) is 17.1 Å². The van der Waals surface area contributed by atoms with E-state index in [1.165, 1.54) is 6.08 Å². The quantitative estimate of drug-likeness (QED) is 0.173. The summed E-state index contributed by atoms with van der Waals surface area (Å²) in [4.78, 5) is 21.6. The second-order valence-corrected chi connectivity index (χ2v) is 8.48. The lowest BCUT2D eigenvalue weighted by atomic mass is 10.2. The molecule has 3 aromatic rings. The zero-order chi connectivity index (χ0) is 23.8. The Morgan fingerprint density at radius 3 is 2.97 bits per heavy atom. The standard InChI is InChI=1S/C23H28N6O4S/c1-3-31-12-10-25-21-17-14-26-29(22(17)28-23(27-21)34-4-2)11-9-24-20(30)8-6-16-5-7-18-19(13-16)33-15-32-18/h5-8,13-14H,3-4,9-12,15H2,1-2H3,(H,24,30)(H,25,27,28)/b8-6-. The molecule has 2 N–H and O–H groups in total. The Balaban J connectivity index is 1.36. The maximum Gasteiger partial charge on any atom is 0.244 e. The van der Waals surface area contributed by atoms with Crippen LogP contribution >= 0.6 is 11.8 Å². The van der Waals surface area contributed by atoms with E-state index in [1.807, 2.05) is 25.1 Å². The molecule has 0 saturated heterocycles. The van der Waals surface area contributed by atoms with Gasteiger partial charge in [-0.25, -0.2) is 14.6 Å². The van der Waals surface area contributed by atoms with Crippen LogP contribution in [0.4, 0.5) is 5.82 Å². The molecule has 1 amide bonds. The van der Waals surface area contributed by atoms with Gasteiger partial charge in [-0.1, -0.05) is 24.8 Å². The van der Waals surface area contributed by atoms with Gasteiger partial charge in [0.15, 0.2) is 22.3 Å². The molecule has 1 aliphatic heterocycles. The SMILES string of the molecule is CCOCCNc1nc(SCC)nc2c1cnn2CCNC(=O)/C=C\c1ccc2c(c1)OCO2. The molecular formula is C23H28N6O4S. The van der Waals surface area contributed by atoms with E-state index < -0.39 is 0 Å². The number of thioether (sulfide) groups is 1. The summed E-state index contributed by atoms with van der Waals surface area (Å²) in [5, 5.41) is 12.2. The van der Waals surface area contributed by atoms with Crippen molar-refractivity contribution in [2.45, 2.75) is 25.5 Å². The van der Waals surface area contributed by atoms with Crippen LogP contribution in [0.2, 0.25) is 0 Å². The fourth-order valence-electron chi connectivity index (χ4n) is 3.35. The Morgan fingerprint density at radius 2 is 2.12 bits per heavy atom. The number of hydrogen-bond donors (Lipinski definition) is 2. The fraction of sp³-hybridized carbons (Fsp3) is 0.391. The topological polar surface area (TPSA) is 112 Å². The second kappa shape index (κ2) is 11.7. The van der Waals surface area contributed by atoms with Gasteiger partial charge in [0.2, 0.25) is 12.7 Å². The van der Waals surface area contributed by atoms with E-state index in [2.05, 4.69) is 32.6 Å². The van der Waals surface area contributed by atoms with Crippen molar-refractivity contribution in [1.82, 2.24) is 25.1 Å². The Kier molecular flexibility index (Phi) is 8.21. The van der Waals surface area contributed by atoms with Crippen LogP contribution in [0.15, 0.2) is 35.6 Å². The Hall–Kier alpha value is -3.31. The summed E-state index contributed by atoms with van der Waals surface area (Å²) in [5.74, 6) is 2.81. The van der Waals surface area contributed by atoms with Crippen LogP contribution in [0.5, 0.6) is 11.5 Å². The van der Waals surface area contributed by atoms with Crippen molar-refractivity contribution in [3.63, 3.8) is 0 Å². The summed E-state index contributed by atoms with van der Waals surface area (Å²) < 4.78 is 17.9. The normalized spacial score (nSPS) is 12.5. The molecule has 0 aliphatic carbocycles. The monoisotopic (exact) mass is 484 g/mol. The average Bonchev–Trinajstić information content (AvgIpc) is 3.47. The summed E-state index contributed by atoms with van der Waals surface area (Å²) in [6, 6.07) is 5.54. The van der Waals surface area contributed by atoms with Crippen molar-refractivity contribution in [1.29, 1.82) is 0 Å². The van der Waals surface area contributed by atoms with Gasteiger partial charge in [-0.05, 0) is 36.4 Å². The predicted octanol–water partition coefficient (Wildman–Crippen LogP) is 2.95. The Morgan fingerprint density at radius 1 is 1.24 bits per heavy atom. The fourth-order valence-corrected chi connectivity index (χ4v) is 3.91. The summed E-state index contributed by atoms with van der Waals surface area (Å²) in [6.07, 6.45) is 4.99. The summed E-state index contributed by atoms with van der Waals surface area (Å²) in [6.45, 7) is 7.06. The third-order valence-electron chi connectivity index (χ3n) is 4.94. The molecule has 3 heterocycles. The van der Waals surface area contributed by atoms with Gasteiger partial charge in [0.05, 0.1) is 24.7 Å². The molecule has 11 heteroatoms. The Labute approximate surface area is 202 Å². The minimum atomic E-state index is -0.190. The molecule has 2 aromatic heterocycles. The minimum Gasteiger partial charge on any atom is -0.454 e. The number of nitrogens with zero attached hydrogens (tertiary/aromatic N) is 4. The van der Waals surface area contributed by atoms with Crippen molar-refractivity contribution in [2.24, 2.45) is 0 Å². The number of rotatable bonds is 12. The molecule has 10 nitrogen and oxygen atoms in total. The molecule has 1 aliphatic rings. The molecule has 1 aromatic carbocycles. The first-order valence-electron chi connectivity index (χ1n) is 11.2. The van der Waals surface area contributed by atoms with Crippen LogP contribution in [-0.4, -0.2) is 64.5 Å². The molecule has 0 fully saturated rings. The van der Waals surface area contributed by atoms with E-state index in [0.29, 0.717) is 49.5 Å². The zero-order valence-corrected chi connectivity index (χ0v) is 20.1. The van der Waals surface area contributed by atoms with E-state index in [-0.39, 0.29) is 12.7 Å². The maximum absolute atomic E-state index is 12.3. The van der Waals surface area contributed by atoms with E-state index in [0.717, 1.165) is 28.2 Å². The van der Waals surface area contributed by atoms with Gasteiger partial charge in [-0.3, -0.25) is 4.79 Å². The molecule has 4 rings (SSSR count). The third-order valence-corrected chi connectivity index (χ3v) is 5.67. The van der Waals surface area contributed by atoms with Crippen LogP contribution < -0.4 is 20.1 Å². The number of nitrogens with one attached hydrogen (secondary N) is 2. The van der Waals surface area contributed by atoms with E-state index in [9.17, 15) is 4.79 Å².